The number of ether oxygens (including phenoxy) is 1. The molecule has 0 aliphatic carbocycles. The number of carbonyl (C=O) groups excluding carboxylic acids is 1. The van der Waals surface area contributed by atoms with Crippen LogP contribution in [0.1, 0.15) is 24.2 Å². The number of aromatic nitrogens is 2. The monoisotopic (exact) mass is 315 g/mol. The number of rotatable bonds is 3. The zero-order valence-corrected chi connectivity index (χ0v) is 12.3. The van der Waals surface area contributed by atoms with Crippen molar-refractivity contribution in [3.8, 4) is 0 Å². The maximum absolute atomic E-state index is 11.9. The van der Waals surface area contributed by atoms with Crippen LogP contribution in [0.3, 0.4) is 0 Å². The number of halogens is 1. The highest BCUT2D eigenvalue weighted by Gasteiger charge is 2.17. The van der Waals surface area contributed by atoms with E-state index in [1.165, 1.54) is 0 Å². The predicted octanol–water partition coefficient (Wildman–Crippen LogP) is 1.56. The Balaban J connectivity index is 1.92. The minimum atomic E-state index is 0.0139. The summed E-state index contributed by atoms with van der Waals surface area (Å²) in [5.41, 5.74) is 1.89. The van der Waals surface area contributed by atoms with Crippen molar-refractivity contribution < 1.29 is 9.53 Å². The predicted molar refractivity (Wildman–Crippen MR) is 71.4 cm³/mol. The summed E-state index contributed by atoms with van der Waals surface area (Å²) in [5.74, 6) is 0.0139. The average Bonchev–Trinajstić information content (AvgIpc) is 2.58. The van der Waals surface area contributed by atoms with Crippen LogP contribution in [0.2, 0.25) is 0 Å². The molecule has 0 unspecified atom stereocenters. The highest BCUT2D eigenvalue weighted by atomic mass is 79.9. The maximum atomic E-state index is 11.9. The van der Waals surface area contributed by atoms with Gasteiger partial charge in [0.05, 0.1) is 15.9 Å². The molecule has 0 atom stereocenters. The summed E-state index contributed by atoms with van der Waals surface area (Å²) < 4.78 is 7.97. The Hall–Kier alpha value is -0.880. The van der Waals surface area contributed by atoms with Gasteiger partial charge >= 0.3 is 0 Å². The van der Waals surface area contributed by atoms with E-state index in [-0.39, 0.29) is 18.5 Å². The highest BCUT2D eigenvalue weighted by Crippen LogP contribution is 2.19. The topological polar surface area (TPSA) is 56.2 Å². The number of amides is 1. The summed E-state index contributed by atoms with van der Waals surface area (Å²) in [4.78, 5) is 11.9. The third-order valence-corrected chi connectivity index (χ3v) is 4.32. The van der Waals surface area contributed by atoms with E-state index >= 15 is 0 Å². The summed E-state index contributed by atoms with van der Waals surface area (Å²) in [6.07, 6.45) is 1.79. The van der Waals surface area contributed by atoms with Gasteiger partial charge in [0.25, 0.3) is 0 Å². The van der Waals surface area contributed by atoms with Crippen LogP contribution in [-0.2, 0) is 16.1 Å². The van der Waals surface area contributed by atoms with Crippen LogP contribution in [0.4, 0.5) is 0 Å². The van der Waals surface area contributed by atoms with E-state index in [0.29, 0.717) is 0 Å². The van der Waals surface area contributed by atoms with Gasteiger partial charge in [-0.1, -0.05) is 0 Å². The van der Waals surface area contributed by atoms with E-state index in [1.807, 2.05) is 13.8 Å². The number of nitrogens with one attached hydrogen (secondary N) is 1. The first kappa shape index (κ1) is 13.5. The minimum absolute atomic E-state index is 0.0139. The molecular formula is C12H18BrN3O2. The number of hydrogen-bond acceptors (Lipinski definition) is 3. The molecule has 1 N–H and O–H groups in total. The van der Waals surface area contributed by atoms with Crippen molar-refractivity contribution in [2.24, 2.45) is 0 Å². The van der Waals surface area contributed by atoms with Gasteiger partial charge in [0.2, 0.25) is 5.91 Å². The first-order chi connectivity index (χ1) is 8.58. The summed E-state index contributed by atoms with van der Waals surface area (Å²) >= 11 is 3.46. The van der Waals surface area contributed by atoms with Gasteiger partial charge in [-0.3, -0.25) is 9.48 Å². The van der Waals surface area contributed by atoms with Crippen molar-refractivity contribution in [2.45, 2.75) is 39.3 Å². The second kappa shape index (κ2) is 5.84. The number of aryl methyl sites for hydroxylation is 1. The van der Waals surface area contributed by atoms with Gasteiger partial charge in [0.15, 0.2) is 0 Å². The fourth-order valence-corrected chi connectivity index (χ4v) is 2.36. The molecular weight excluding hydrogens is 298 g/mol. The number of nitrogens with zero attached hydrogens (tertiary/aromatic N) is 2. The van der Waals surface area contributed by atoms with E-state index in [9.17, 15) is 4.79 Å². The molecule has 18 heavy (non-hydrogen) atoms. The maximum Gasteiger partial charge on any atom is 0.241 e. The van der Waals surface area contributed by atoms with E-state index in [0.717, 1.165) is 41.9 Å². The molecule has 100 valence electrons. The first-order valence-corrected chi connectivity index (χ1v) is 6.94. The molecule has 5 nitrogen and oxygen atoms in total. The highest BCUT2D eigenvalue weighted by molar-refractivity contribution is 9.10. The first-order valence-electron chi connectivity index (χ1n) is 6.14. The average molecular weight is 316 g/mol. The molecule has 1 saturated heterocycles. The van der Waals surface area contributed by atoms with Crippen molar-refractivity contribution in [3.05, 3.63) is 15.9 Å². The lowest BCUT2D eigenvalue weighted by Crippen LogP contribution is -2.40. The molecule has 2 heterocycles. The van der Waals surface area contributed by atoms with Crippen LogP contribution >= 0.6 is 15.9 Å². The number of hydrogen-bond donors (Lipinski definition) is 1. The van der Waals surface area contributed by atoms with Gasteiger partial charge in [0, 0.05) is 19.3 Å². The summed E-state index contributed by atoms with van der Waals surface area (Å²) in [5, 5.41) is 7.36. The van der Waals surface area contributed by atoms with Crippen molar-refractivity contribution in [2.75, 3.05) is 13.2 Å². The van der Waals surface area contributed by atoms with Crippen molar-refractivity contribution in [3.63, 3.8) is 0 Å². The Bertz CT molecular complexity index is 439. The Morgan fingerprint density at radius 2 is 2.17 bits per heavy atom. The second-order valence-corrected chi connectivity index (χ2v) is 5.39. The lowest BCUT2D eigenvalue weighted by molar-refractivity contribution is -0.123. The summed E-state index contributed by atoms with van der Waals surface area (Å²) in [6.45, 7) is 5.61. The van der Waals surface area contributed by atoms with Gasteiger partial charge in [-0.05, 0) is 42.6 Å². The molecule has 0 saturated carbocycles. The fourth-order valence-electron chi connectivity index (χ4n) is 2.08. The van der Waals surface area contributed by atoms with Crippen LogP contribution in [0.15, 0.2) is 4.47 Å². The van der Waals surface area contributed by atoms with Crippen molar-refractivity contribution >= 4 is 21.8 Å². The smallest absolute Gasteiger partial charge is 0.241 e. The molecule has 1 amide bonds. The molecule has 1 fully saturated rings. The third kappa shape index (κ3) is 3.11. The van der Waals surface area contributed by atoms with Crippen molar-refractivity contribution in [1.82, 2.24) is 15.1 Å². The van der Waals surface area contributed by atoms with Gasteiger partial charge < -0.3 is 10.1 Å². The quantitative estimate of drug-likeness (QED) is 0.921. The van der Waals surface area contributed by atoms with Gasteiger partial charge in [-0.15, -0.1) is 0 Å². The van der Waals surface area contributed by atoms with Crippen LogP contribution in [0, 0.1) is 13.8 Å². The molecule has 6 heteroatoms. The third-order valence-electron chi connectivity index (χ3n) is 3.17. The molecule has 0 bridgehead atoms. The standard InChI is InChI=1S/C12H18BrN3O2/c1-8-12(13)9(2)16(15-8)7-11(17)14-10-3-5-18-6-4-10/h10H,3-7H2,1-2H3,(H,14,17). The van der Waals surface area contributed by atoms with E-state index < -0.39 is 0 Å². The Kier molecular flexibility index (Phi) is 4.40. The van der Waals surface area contributed by atoms with Gasteiger partial charge in [-0.25, -0.2) is 0 Å². The van der Waals surface area contributed by atoms with Crippen LogP contribution in [-0.4, -0.2) is 34.9 Å². The van der Waals surface area contributed by atoms with Gasteiger partial charge in [-0.2, -0.15) is 5.10 Å². The molecule has 0 radical (unpaired) electrons. The van der Waals surface area contributed by atoms with Crippen LogP contribution < -0.4 is 5.32 Å². The second-order valence-electron chi connectivity index (χ2n) is 4.60. The van der Waals surface area contributed by atoms with Gasteiger partial charge in [0.1, 0.15) is 6.54 Å². The van der Waals surface area contributed by atoms with Crippen molar-refractivity contribution in [1.29, 1.82) is 0 Å². The zero-order chi connectivity index (χ0) is 13.1. The molecule has 1 aromatic rings. The molecule has 1 aromatic heterocycles. The van der Waals surface area contributed by atoms with E-state index in [2.05, 4.69) is 26.3 Å². The number of carbonyl (C=O) groups is 1. The minimum Gasteiger partial charge on any atom is -0.381 e. The molecule has 2 rings (SSSR count). The Labute approximate surface area is 115 Å². The largest absolute Gasteiger partial charge is 0.381 e. The van der Waals surface area contributed by atoms with E-state index in [4.69, 9.17) is 4.74 Å². The molecule has 1 aliphatic rings. The molecule has 1 aliphatic heterocycles. The van der Waals surface area contributed by atoms with E-state index in [1.54, 1.807) is 4.68 Å². The Morgan fingerprint density at radius 1 is 1.50 bits per heavy atom. The lowest BCUT2D eigenvalue weighted by Gasteiger charge is -2.23. The van der Waals surface area contributed by atoms with Crippen LogP contribution in [0.5, 0.6) is 0 Å². The molecule has 0 aromatic carbocycles. The van der Waals surface area contributed by atoms with Crippen LogP contribution in [0.25, 0.3) is 0 Å². The Morgan fingerprint density at radius 3 is 2.72 bits per heavy atom. The summed E-state index contributed by atoms with van der Waals surface area (Å²) in [6, 6.07) is 0.242. The molecule has 0 spiro atoms. The zero-order valence-electron chi connectivity index (χ0n) is 10.7. The normalized spacial score (nSPS) is 16.8. The fraction of sp³-hybridized carbons (Fsp3) is 0.667. The lowest BCUT2D eigenvalue weighted by atomic mass is 10.1. The SMILES string of the molecule is Cc1nn(CC(=O)NC2CCOCC2)c(C)c1Br. The summed E-state index contributed by atoms with van der Waals surface area (Å²) in [7, 11) is 0.